The molecule has 43 heavy (non-hydrogen) atoms. The van der Waals surface area contributed by atoms with Crippen molar-refractivity contribution < 1.29 is 33.8 Å². The van der Waals surface area contributed by atoms with Crippen LogP contribution in [-0.4, -0.2) is 64.7 Å². The zero-order valence-corrected chi connectivity index (χ0v) is 25.2. The highest BCUT2D eigenvalue weighted by Crippen LogP contribution is 2.34. The Kier molecular flexibility index (Phi) is 11.6. The molecule has 2 aromatic carbocycles. The molecule has 3 N–H and O–H groups in total. The van der Waals surface area contributed by atoms with Gasteiger partial charge in [-0.3, -0.25) is 14.4 Å². The van der Waals surface area contributed by atoms with Gasteiger partial charge in [-0.1, -0.05) is 30.2 Å². The molecule has 230 valence electrons. The van der Waals surface area contributed by atoms with Crippen LogP contribution in [0.5, 0.6) is 5.75 Å². The minimum Gasteiger partial charge on any atom is -0.508 e. The van der Waals surface area contributed by atoms with Gasteiger partial charge in [0.05, 0.1) is 13.0 Å². The molecule has 1 aliphatic carbocycles. The Labute approximate surface area is 253 Å². The molecule has 3 rings (SSSR count). The fourth-order valence-corrected chi connectivity index (χ4v) is 4.70. The van der Waals surface area contributed by atoms with Crippen molar-refractivity contribution in [2.45, 2.75) is 83.5 Å². The first-order valence-electron chi connectivity index (χ1n) is 14.5. The summed E-state index contributed by atoms with van der Waals surface area (Å²) in [5.41, 5.74) is 1.04. The maximum absolute atomic E-state index is 14.5. The number of rotatable bonds is 12. The number of alkyl carbamates (subject to hydrolysis) is 1. The summed E-state index contributed by atoms with van der Waals surface area (Å²) in [5, 5.41) is 15.3. The number of benzene rings is 2. The molecule has 0 saturated heterocycles. The smallest absolute Gasteiger partial charge is 0.408 e. The average Bonchev–Trinajstić information content (AvgIpc) is 2.91. The second-order valence-corrected chi connectivity index (χ2v) is 11.4. The van der Waals surface area contributed by atoms with Gasteiger partial charge in [0, 0.05) is 24.6 Å². The lowest BCUT2D eigenvalue weighted by atomic mass is 9.87. The van der Waals surface area contributed by atoms with Crippen LogP contribution in [0, 0.1) is 12.3 Å². The number of hydrogen-bond acceptors (Lipinski definition) is 7. The summed E-state index contributed by atoms with van der Waals surface area (Å²) in [6, 6.07) is 10.7. The second-order valence-electron chi connectivity index (χ2n) is 11.4. The van der Waals surface area contributed by atoms with Crippen LogP contribution >= 0.6 is 0 Å². The lowest BCUT2D eigenvalue weighted by Gasteiger charge is -2.43. The molecule has 2 aromatic rings. The summed E-state index contributed by atoms with van der Waals surface area (Å²) in [7, 11) is 0. The van der Waals surface area contributed by atoms with Gasteiger partial charge >= 0.3 is 12.1 Å². The van der Waals surface area contributed by atoms with E-state index in [1.165, 1.54) is 17.0 Å². The van der Waals surface area contributed by atoms with Gasteiger partial charge < -0.3 is 30.1 Å². The molecule has 1 aliphatic rings. The largest absolute Gasteiger partial charge is 0.508 e. The number of esters is 1. The Hall–Kier alpha value is -4.52. The zero-order chi connectivity index (χ0) is 31.6. The Morgan fingerprint density at radius 3 is 2.26 bits per heavy atom. The van der Waals surface area contributed by atoms with E-state index in [0.717, 1.165) is 6.42 Å². The molecule has 0 bridgehead atoms. The SMILES string of the molecule is C#Cc1ccc(C(C(=O)NCCC(=O)OCC)N(C(=O)C(Cc2ccc(O)cc2)NC(=O)OC(C)(C)C)C2CCC2)cc1. The summed E-state index contributed by atoms with van der Waals surface area (Å²) < 4.78 is 10.4. The highest BCUT2D eigenvalue weighted by Gasteiger charge is 2.42. The lowest BCUT2D eigenvalue weighted by Crippen LogP contribution is -2.58. The molecule has 0 aliphatic heterocycles. The third kappa shape index (κ3) is 9.77. The standard InChI is InChI=1S/C33H41N3O7/c1-6-22-11-15-24(16-12-22)29(30(39)34-20-19-28(38)42-7-2)36(25-9-8-10-25)31(40)27(35-32(41)43-33(3,4)5)21-23-13-17-26(37)18-14-23/h1,11-18,25,27,29,37H,7-10,19-21H2,2-5H3,(H,34,39)(H,35,41). The predicted molar refractivity (Wildman–Crippen MR) is 161 cm³/mol. The Morgan fingerprint density at radius 1 is 1.07 bits per heavy atom. The molecule has 10 nitrogen and oxygen atoms in total. The summed E-state index contributed by atoms with van der Waals surface area (Å²) >= 11 is 0. The van der Waals surface area contributed by atoms with Gasteiger partial charge in [0.25, 0.3) is 0 Å². The van der Waals surface area contributed by atoms with E-state index in [-0.39, 0.29) is 37.8 Å². The first kappa shape index (κ1) is 33.0. The van der Waals surface area contributed by atoms with E-state index in [9.17, 15) is 24.3 Å². The van der Waals surface area contributed by atoms with Crippen molar-refractivity contribution in [2.24, 2.45) is 0 Å². The van der Waals surface area contributed by atoms with Crippen LogP contribution in [0.2, 0.25) is 0 Å². The number of amides is 3. The second kappa shape index (κ2) is 15.1. The van der Waals surface area contributed by atoms with E-state index >= 15 is 0 Å². The number of nitrogens with zero attached hydrogens (tertiary/aromatic N) is 1. The number of carbonyl (C=O) groups is 4. The van der Waals surface area contributed by atoms with E-state index < -0.39 is 41.6 Å². The van der Waals surface area contributed by atoms with E-state index in [1.54, 1.807) is 64.1 Å². The van der Waals surface area contributed by atoms with Gasteiger partial charge in [-0.2, -0.15) is 0 Å². The fourth-order valence-electron chi connectivity index (χ4n) is 4.70. The van der Waals surface area contributed by atoms with Gasteiger partial charge in [0.1, 0.15) is 23.4 Å². The van der Waals surface area contributed by atoms with Gasteiger partial charge in [-0.05, 0) is 82.3 Å². The number of aromatic hydroxyl groups is 1. The Bertz CT molecular complexity index is 1310. The maximum atomic E-state index is 14.5. The molecule has 0 spiro atoms. The molecule has 1 saturated carbocycles. The summed E-state index contributed by atoms with van der Waals surface area (Å²) in [4.78, 5) is 54.6. The zero-order valence-electron chi connectivity index (χ0n) is 25.2. The van der Waals surface area contributed by atoms with Crippen LogP contribution in [-0.2, 0) is 30.3 Å². The third-order valence-corrected chi connectivity index (χ3v) is 6.94. The van der Waals surface area contributed by atoms with Crippen LogP contribution in [0.1, 0.15) is 76.1 Å². The van der Waals surface area contributed by atoms with Crippen LogP contribution in [0.15, 0.2) is 48.5 Å². The number of phenolic OH excluding ortho intramolecular Hbond substituents is 1. The molecule has 10 heteroatoms. The van der Waals surface area contributed by atoms with E-state index in [4.69, 9.17) is 15.9 Å². The van der Waals surface area contributed by atoms with Crippen LogP contribution in [0.3, 0.4) is 0 Å². The molecular formula is C33H41N3O7. The van der Waals surface area contributed by atoms with Crippen molar-refractivity contribution in [3.05, 3.63) is 65.2 Å². The van der Waals surface area contributed by atoms with Gasteiger partial charge in [-0.25, -0.2) is 4.79 Å². The first-order chi connectivity index (χ1) is 20.4. The van der Waals surface area contributed by atoms with Crippen LogP contribution < -0.4 is 10.6 Å². The molecule has 3 amide bonds. The number of phenols is 1. The number of hydrogen-bond donors (Lipinski definition) is 3. The Morgan fingerprint density at radius 2 is 1.72 bits per heavy atom. The minimum absolute atomic E-state index is 0.0242. The van der Waals surface area contributed by atoms with Gasteiger partial charge in [0.2, 0.25) is 11.8 Å². The van der Waals surface area contributed by atoms with Gasteiger partial charge in [-0.15, -0.1) is 6.42 Å². The highest BCUT2D eigenvalue weighted by atomic mass is 16.6. The predicted octanol–water partition coefficient (Wildman–Crippen LogP) is 4.00. The molecule has 2 unspecified atom stereocenters. The van der Waals surface area contributed by atoms with Crippen molar-refractivity contribution in [3.63, 3.8) is 0 Å². The molecule has 0 heterocycles. The quantitative estimate of drug-likeness (QED) is 0.251. The summed E-state index contributed by atoms with van der Waals surface area (Å²) in [5.74, 6) is 1.24. The van der Waals surface area contributed by atoms with E-state index in [0.29, 0.717) is 29.5 Å². The van der Waals surface area contributed by atoms with Crippen LogP contribution in [0.4, 0.5) is 4.79 Å². The molecule has 2 atom stereocenters. The average molecular weight is 592 g/mol. The summed E-state index contributed by atoms with van der Waals surface area (Å²) in [6.07, 6.45) is 7.08. The van der Waals surface area contributed by atoms with E-state index in [2.05, 4.69) is 16.6 Å². The van der Waals surface area contributed by atoms with Gasteiger partial charge in [0.15, 0.2) is 0 Å². The number of nitrogens with one attached hydrogen (secondary N) is 2. The normalized spacial score (nSPS) is 14.3. The Balaban J connectivity index is 2.00. The number of carbonyl (C=O) groups excluding carboxylic acids is 4. The van der Waals surface area contributed by atoms with E-state index in [1.807, 2.05) is 0 Å². The van der Waals surface area contributed by atoms with Crippen molar-refractivity contribution in [1.82, 2.24) is 15.5 Å². The molecule has 0 aromatic heterocycles. The summed E-state index contributed by atoms with van der Waals surface area (Å²) in [6.45, 7) is 7.13. The minimum atomic E-state index is -1.08. The van der Waals surface area contributed by atoms with Crippen molar-refractivity contribution in [2.75, 3.05) is 13.2 Å². The highest BCUT2D eigenvalue weighted by molar-refractivity contribution is 5.92. The third-order valence-electron chi connectivity index (χ3n) is 6.94. The lowest BCUT2D eigenvalue weighted by molar-refractivity contribution is -0.148. The topological polar surface area (TPSA) is 134 Å². The number of terminal acetylenes is 1. The molecular weight excluding hydrogens is 550 g/mol. The number of ether oxygens (including phenoxy) is 2. The van der Waals surface area contributed by atoms with Crippen molar-refractivity contribution in [1.29, 1.82) is 0 Å². The monoisotopic (exact) mass is 591 g/mol. The first-order valence-corrected chi connectivity index (χ1v) is 14.5. The maximum Gasteiger partial charge on any atom is 0.408 e. The molecule has 1 fully saturated rings. The fraction of sp³-hybridized carbons (Fsp3) is 0.455. The van der Waals surface area contributed by atoms with Crippen molar-refractivity contribution in [3.8, 4) is 18.1 Å². The van der Waals surface area contributed by atoms with Crippen LogP contribution in [0.25, 0.3) is 0 Å². The van der Waals surface area contributed by atoms with Crippen molar-refractivity contribution >= 4 is 23.9 Å². The molecule has 0 radical (unpaired) electrons.